The van der Waals surface area contributed by atoms with Crippen molar-refractivity contribution < 1.29 is 13.7 Å². The van der Waals surface area contributed by atoms with E-state index < -0.39 is 0 Å². The van der Waals surface area contributed by atoms with Crippen LogP contribution in [0, 0.1) is 5.82 Å². The number of rotatable bonds is 3. The molecule has 1 aliphatic heterocycles. The van der Waals surface area contributed by atoms with E-state index in [-0.39, 0.29) is 17.6 Å². The lowest BCUT2D eigenvalue weighted by molar-refractivity contribution is 0.0695. The van der Waals surface area contributed by atoms with Crippen LogP contribution in [0.15, 0.2) is 53.1 Å². The van der Waals surface area contributed by atoms with Crippen LogP contribution >= 0.6 is 11.6 Å². The summed E-state index contributed by atoms with van der Waals surface area (Å²) in [5, 5.41) is 4.70. The van der Waals surface area contributed by atoms with Crippen LogP contribution in [-0.2, 0) is 0 Å². The lowest BCUT2D eigenvalue weighted by Gasteiger charge is -2.31. The molecule has 0 unspecified atom stereocenters. The van der Waals surface area contributed by atoms with Gasteiger partial charge >= 0.3 is 0 Å². The zero-order chi connectivity index (χ0) is 18.8. The van der Waals surface area contributed by atoms with Gasteiger partial charge in [-0.2, -0.15) is 4.98 Å². The summed E-state index contributed by atoms with van der Waals surface area (Å²) in [6, 6.07) is 12.8. The molecule has 1 atom stereocenters. The second-order valence-corrected chi connectivity index (χ2v) is 7.00. The van der Waals surface area contributed by atoms with Gasteiger partial charge < -0.3 is 9.42 Å². The van der Waals surface area contributed by atoms with Gasteiger partial charge in [0, 0.05) is 29.2 Å². The van der Waals surface area contributed by atoms with Crippen molar-refractivity contribution in [1.29, 1.82) is 0 Å². The lowest BCUT2D eigenvalue weighted by atomic mass is 9.97. The molecular weight excluding hydrogens is 369 g/mol. The molecule has 0 bridgehead atoms. The molecular formula is C20H17ClFN3O2. The van der Waals surface area contributed by atoms with Crippen molar-refractivity contribution in [3.8, 4) is 11.4 Å². The number of amides is 1. The van der Waals surface area contributed by atoms with E-state index in [4.69, 9.17) is 16.1 Å². The van der Waals surface area contributed by atoms with Crippen LogP contribution in [0.3, 0.4) is 0 Å². The largest absolute Gasteiger partial charge is 0.339 e. The highest BCUT2D eigenvalue weighted by molar-refractivity contribution is 6.30. The number of benzene rings is 2. The molecule has 0 radical (unpaired) electrons. The molecule has 1 fully saturated rings. The second-order valence-electron chi connectivity index (χ2n) is 6.56. The summed E-state index contributed by atoms with van der Waals surface area (Å²) in [4.78, 5) is 18.9. The van der Waals surface area contributed by atoms with E-state index in [2.05, 4.69) is 10.1 Å². The number of halogens is 2. The number of carbonyl (C=O) groups excluding carboxylic acids is 1. The molecule has 0 aliphatic carbocycles. The minimum atomic E-state index is -0.358. The number of nitrogens with zero attached hydrogens (tertiary/aromatic N) is 3. The molecule has 2 aromatic carbocycles. The molecule has 138 valence electrons. The Morgan fingerprint density at radius 2 is 1.89 bits per heavy atom. The van der Waals surface area contributed by atoms with Gasteiger partial charge in [-0.25, -0.2) is 4.39 Å². The highest BCUT2D eigenvalue weighted by atomic mass is 35.5. The normalized spacial score (nSPS) is 17.1. The maximum atomic E-state index is 13.1. The minimum absolute atomic E-state index is 0.0169. The van der Waals surface area contributed by atoms with Gasteiger partial charge in [0.15, 0.2) is 0 Å². The second kappa shape index (κ2) is 7.48. The molecule has 27 heavy (non-hydrogen) atoms. The highest BCUT2D eigenvalue weighted by Crippen LogP contribution is 2.28. The van der Waals surface area contributed by atoms with Gasteiger partial charge in [-0.05, 0) is 61.4 Å². The molecule has 0 spiro atoms. The van der Waals surface area contributed by atoms with E-state index in [1.54, 1.807) is 17.0 Å². The van der Waals surface area contributed by atoms with Crippen molar-refractivity contribution in [3.63, 3.8) is 0 Å². The minimum Gasteiger partial charge on any atom is -0.339 e. The average Bonchev–Trinajstić information content (AvgIpc) is 3.19. The van der Waals surface area contributed by atoms with Crippen molar-refractivity contribution in [2.45, 2.75) is 18.8 Å². The van der Waals surface area contributed by atoms with Gasteiger partial charge in [0.1, 0.15) is 5.82 Å². The van der Waals surface area contributed by atoms with E-state index in [0.29, 0.717) is 35.4 Å². The molecule has 0 N–H and O–H groups in total. The van der Waals surface area contributed by atoms with E-state index in [1.165, 1.54) is 24.3 Å². The molecule has 1 amide bonds. The summed E-state index contributed by atoms with van der Waals surface area (Å²) in [6.45, 7) is 1.16. The first-order valence-electron chi connectivity index (χ1n) is 8.74. The van der Waals surface area contributed by atoms with Gasteiger partial charge in [-0.15, -0.1) is 0 Å². The molecule has 7 heteroatoms. The third-order valence-corrected chi connectivity index (χ3v) is 4.95. The summed E-state index contributed by atoms with van der Waals surface area (Å²) < 4.78 is 18.5. The molecule has 1 saturated heterocycles. The summed E-state index contributed by atoms with van der Waals surface area (Å²) in [7, 11) is 0. The quantitative estimate of drug-likeness (QED) is 0.663. The molecule has 2 heterocycles. The Kier molecular flexibility index (Phi) is 4.90. The zero-order valence-corrected chi connectivity index (χ0v) is 15.2. The van der Waals surface area contributed by atoms with Gasteiger partial charge in [0.05, 0.1) is 5.92 Å². The first kappa shape index (κ1) is 17.7. The van der Waals surface area contributed by atoms with Crippen LogP contribution in [0.25, 0.3) is 11.4 Å². The van der Waals surface area contributed by atoms with Gasteiger partial charge in [0.25, 0.3) is 5.91 Å². The van der Waals surface area contributed by atoms with Gasteiger partial charge in [-0.1, -0.05) is 16.8 Å². The van der Waals surface area contributed by atoms with Crippen LogP contribution in [0.4, 0.5) is 4.39 Å². The summed E-state index contributed by atoms with van der Waals surface area (Å²) in [5.74, 6) is 0.540. The van der Waals surface area contributed by atoms with Crippen LogP contribution in [0.5, 0.6) is 0 Å². The van der Waals surface area contributed by atoms with Crippen LogP contribution in [-0.4, -0.2) is 34.0 Å². The first-order valence-corrected chi connectivity index (χ1v) is 9.12. The zero-order valence-electron chi connectivity index (χ0n) is 14.4. The van der Waals surface area contributed by atoms with E-state index in [9.17, 15) is 9.18 Å². The predicted molar refractivity (Wildman–Crippen MR) is 99.0 cm³/mol. The van der Waals surface area contributed by atoms with E-state index in [0.717, 1.165) is 18.4 Å². The Hall–Kier alpha value is -2.73. The fourth-order valence-electron chi connectivity index (χ4n) is 3.26. The number of hydrogen-bond donors (Lipinski definition) is 0. The van der Waals surface area contributed by atoms with Crippen molar-refractivity contribution in [2.75, 3.05) is 13.1 Å². The Labute approximate surface area is 160 Å². The lowest BCUT2D eigenvalue weighted by Crippen LogP contribution is -2.39. The molecule has 0 saturated carbocycles. The smallest absolute Gasteiger partial charge is 0.253 e. The monoisotopic (exact) mass is 385 g/mol. The maximum Gasteiger partial charge on any atom is 0.253 e. The molecule has 5 nitrogen and oxygen atoms in total. The Morgan fingerprint density at radius 3 is 2.63 bits per heavy atom. The Balaban J connectivity index is 1.49. The highest BCUT2D eigenvalue weighted by Gasteiger charge is 2.29. The van der Waals surface area contributed by atoms with Crippen LogP contribution in [0.1, 0.15) is 35.0 Å². The molecule has 1 aromatic heterocycles. The fraction of sp³-hybridized carbons (Fsp3) is 0.250. The molecule has 3 aromatic rings. The fourth-order valence-corrected chi connectivity index (χ4v) is 3.38. The topological polar surface area (TPSA) is 59.2 Å². The number of aromatic nitrogens is 2. The Bertz CT molecular complexity index is 941. The van der Waals surface area contributed by atoms with Gasteiger partial charge in [-0.3, -0.25) is 4.79 Å². The summed E-state index contributed by atoms with van der Waals surface area (Å²) >= 11 is 5.91. The first-order chi connectivity index (χ1) is 13.1. The third-order valence-electron chi connectivity index (χ3n) is 4.69. The summed E-state index contributed by atoms with van der Waals surface area (Å²) in [5.41, 5.74) is 1.30. The van der Waals surface area contributed by atoms with E-state index in [1.807, 2.05) is 12.1 Å². The third kappa shape index (κ3) is 3.85. The number of hydrogen-bond acceptors (Lipinski definition) is 4. The van der Waals surface area contributed by atoms with Crippen LogP contribution in [0.2, 0.25) is 5.02 Å². The number of carbonyl (C=O) groups is 1. The summed E-state index contributed by atoms with van der Waals surface area (Å²) in [6.07, 6.45) is 1.71. The molecule has 4 rings (SSSR count). The Morgan fingerprint density at radius 1 is 1.15 bits per heavy atom. The van der Waals surface area contributed by atoms with Crippen molar-refractivity contribution in [3.05, 3.63) is 70.8 Å². The van der Waals surface area contributed by atoms with Crippen molar-refractivity contribution >= 4 is 17.5 Å². The number of piperidine rings is 1. The predicted octanol–water partition coefficient (Wildman–Crippen LogP) is 4.55. The average molecular weight is 386 g/mol. The van der Waals surface area contributed by atoms with Gasteiger partial charge in [0.2, 0.25) is 11.7 Å². The van der Waals surface area contributed by atoms with Crippen molar-refractivity contribution in [1.82, 2.24) is 15.0 Å². The SMILES string of the molecule is O=C(c1ccc(F)cc1)N1CCC[C@@H](c2nc(-c3ccc(Cl)cc3)no2)C1. The number of likely N-dealkylation sites (tertiary alicyclic amines) is 1. The van der Waals surface area contributed by atoms with Crippen LogP contribution < -0.4 is 0 Å². The maximum absolute atomic E-state index is 13.1. The van der Waals surface area contributed by atoms with Crippen molar-refractivity contribution in [2.24, 2.45) is 0 Å². The molecule has 1 aliphatic rings. The standard InChI is InChI=1S/C20H17ClFN3O2/c21-16-7-3-13(4-8-16)18-23-19(27-24-18)15-2-1-11-25(12-15)20(26)14-5-9-17(22)10-6-14/h3-10,15H,1-2,11-12H2/t15-/m1/s1. The van der Waals surface area contributed by atoms with E-state index >= 15 is 0 Å².